The van der Waals surface area contributed by atoms with E-state index in [0.29, 0.717) is 12.0 Å². The zero-order valence-corrected chi connectivity index (χ0v) is 11.6. The Morgan fingerprint density at radius 1 is 1.06 bits per heavy atom. The van der Waals surface area contributed by atoms with E-state index >= 15 is 0 Å². The Bertz CT molecular complexity index is 238. The van der Waals surface area contributed by atoms with Crippen LogP contribution in [0.25, 0.3) is 0 Å². The molecule has 0 fully saturated rings. The molecule has 0 rings (SSSR count). The van der Waals surface area contributed by atoms with Gasteiger partial charge in [0.15, 0.2) is 0 Å². The van der Waals surface area contributed by atoms with E-state index in [9.17, 15) is 4.79 Å². The zero-order valence-electron chi connectivity index (χ0n) is 11.6. The van der Waals surface area contributed by atoms with Gasteiger partial charge >= 0.3 is 5.97 Å². The first-order valence-electron chi connectivity index (χ1n) is 5.95. The monoisotopic (exact) mass is 226 g/mol. The summed E-state index contributed by atoms with van der Waals surface area (Å²) in [6, 6.07) is 0. The average Bonchev–Trinajstić information content (AvgIpc) is 2.07. The number of hydrogen-bond donors (Lipinski definition) is 0. The second-order valence-electron chi connectivity index (χ2n) is 6.41. The maximum atomic E-state index is 11.4. The molecule has 0 heterocycles. The summed E-state index contributed by atoms with van der Waals surface area (Å²) in [7, 11) is 0. The van der Waals surface area contributed by atoms with Gasteiger partial charge in [0, 0.05) is 0 Å². The SMILES string of the molecule is CC(C)(C)C/C=C/CCOC(=O)C(C)(C)C. The first-order chi connectivity index (χ1) is 7.13. The highest BCUT2D eigenvalue weighted by molar-refractivity contribution is 5.75. The number of ether oxygens (including phenoxy) is 1. The van der Waals surface area contributed by atoms with Crippen LogP contribution in [0, 0.1) is 10.8 Å². The van der Waals surface area contributed by atoms with Gasteiger partial charge in [0.25, 0.3) is 0 Å². The van der Waals surface area contributed by atoms with Crippen molar-refractivity contribution >= 4 is 5.97 Å². The lowest BCUT2D eigenvalue weighted by Gasteiger charge is -2.16. The van der Waals surface area contributed by atoms with Crippen molar-refractivity contribution < 1.29 is 9.53 Å². The minimum atomic E-state index is -0.394. The van der Waals surface area contributed by atoms with Crippen molar-refractivity contribution in [1.82, 2.24) is 0 Å². The maximum Gasteiger partial charge on any atom is 0.311 e. The molecule has 0 N–H and O–H groups in total. The molecule has 0 aliphatic carbocycles. The molecule has 0 aromatic carbocycles. The lowest BCUT2D eigenvalue weighted by Crippen LogP contribution is -2.23. The fourth-order valence-electron chi connectivity index (χ4n) is 0.991. The van der Waals surface area contributed by atoms with Gasteiger partial charge in [-0.25, -0.2) is 0 Å². The van der Waals surface area contributed by atoms with E-state index < -0.39 is 5.41 Å². The van der Waals surface area contributed by atoms with E-state index in [1.54, 1.807) is 0 Å². The Morgan fingerprint density at radius 3 is 2.06 bits per heavy atom. The molecule has 16 heavy (non-hydrogen) atoms. The van der Waals surface area contributed by atoms with Crippen molar-refractivity contribution in [3.63, 3.8) is 0 Å². The van der Waals surface area contributed by atoms with Gasteiger partial charge in [-0.15, -0.1) is 0 Å². The van der Waals surface area contributed by atoms with Gasteiger partial charge in [0.2, 0.25) is 0 Å². The second-order valence-corrected chi connectivity index (χ2v) is 6.41. The van der Waals surface area contributed by atoms with E-state index in [-0.39, 0.29) is 5.97 Å². The van der Waals surface area contributed by atoms with Crippen LogP contribution in [0.5, 0.6) is 0 Å². The van der Waals surface area contributed by atoms with Crippen molar-refractivity contribution in [2.75, 3.05) is 6.61 Å². The highest BCUT2D eigenvalue weighted by Gasteiger charge is 2.22. The van der Waals surface area contributed by atoms with Gasteiger partial charge in [-0.05, 0) is 39.0 Å². The maximum absolute atomic E-state index is 11.4. The molecular formula is C14H26O2. The van der Waals surface area contributed by atoms with E-state index in [0.717, 1.165) is 12.8 Å². The van der Waals surface area contributed by atoms with Crippen LogP contribution >= 0.6 is 0 Å². The molecule has 0 spiro atoms. The molecule has 0 aromatic heterocycles. The lowest BCUT2D eigenvalue weighted by molar-refractivity contribution is -0.152. The van der Waals surface area contributed by atoms with Crippen LogP contribution in [-0.4, -0.2) is 12.6 Å². The van der Waals surface area contributed by atoms with E-state index in [1.165, 1.54) is 0 Å². The van der Waals surface area contributed by atoms with Crippen LogP contribution in [0.4, 0.5) is 0 Å². The molecule has 2 heteroatoms. The standard InChI is InChI=1S/C14H26O2/c1-13(2,3)10-8-7-9-11-16-12(15)14(4,5)6/h7-8H,9-11H2,1-6H3/b8-7+. The number of hydrogen-bond acceptors (Lipinski definition) is 2. The number of rotatable bonds is 4. The zero-order chi connectivity index (χ0) is 12.8. The highest BCUT2D eigenvalue weighted by atomic mass is 16.5. The Morgan fingerprint density at radius 2 is 1.62 bits per heavy atom. The van der Waals surface area contributed by atoms with E-state index in [1.807, 2.05) is 20.8 Å². The lowest BCUT2D eigenvalue weighted by atomic mass is 9.92. The van der Waals surface area contributed by atoms with Crippen LogP contribution in [0.2, 0.25) is 0 Å². The van der Waals surface area contributed by atoms with Crippen LogP contribution < -0.4 is 0 Å². The van der Waals surface area contributed by atoms with Gasteiger partial charge in [0.05, 0.1) is 12.0 Å². The predicted molar refractivity (Wildman–Crippen MR) is 68.2 cm³/mol. The molecule has 0 bridgehead atoms. The molecule has 0 saturated heterocycles. The van der Waals surface area contributed by atoms with Crippen molar-refractivity contribution in [1.29, 1.82) is 0 Å². The van der Waals surface area contributed by atoms with Crippen molar-refractivity contribution in [3.8, 4) is 0 Å². The molecule has 0 aliphatic heterocycles. The minimum absolute atomic E-state index is 0.128. The predicted octanol–water partition coefficient (Wildman–Crippen LogP) is 3.96. The number of esters is 1. The summed E-state index contributed by atoms with van der Waals surface area (Å²) in [5, 5.41) is 0. The van der Waals surface area contributed by atoms with E-state index in [4.69, 9.17) is 4.74 Å². The van der Waals surface area contributed by atoms with E-state index in [2.05, 4.69) is 32.9 Å². The Balaban J connectivity index is 3.66. The largest absolute Gasteiger partial charge is 0.465 e. The topological polar surface area (TPSA) is 26.3 Å². The highest BCUT2D eigenvalue weighted by Crippen LogP contribution is 2.19. The van der Waals surface area contributed by atoms with Crippen LogP contribution in [0.3, 0.4) is 0 Å². The summed E-state index contributed by atoms with van der Waals surface area (Å²) in [5.41, 5.74) is -0.0618. The third kappa shape index (κ3) is 8.51. The van der Waals surface area contributed by atoms with Crippen molar-refractivity contribution in [2.24, 2.45) is 10.8 Å². The summed E-state index contributed by atoms with van der Waals surface area (Å²) >= 11 is 0. The Kier molecular flexibility index (Phi) is 5.77. The second kappa shape index (κ2) is 6.07. The van der Waals surface area contributed by atoms with Crippen molar-refractivity contribution in [2.45, 2.75) is 54.4 Å². The Labute approximate surface area is 100 Å². The van der Waals surface area contributed by atoms with Crippen LogP contribution in [0.1, 0.15) is 54.4 Å². The average molecular weight is 226 g/mol. The molecule has 0 amide bonds. The summed E-state index contributed by atoms with van der Waals surface area (Å²) < 4.78 is 5.15. The smallest absolute Gasteiger partial charge is 0.311 e. The molecule has 0 radical (unpaired) electrons. The van der Waals surface area contributed by atoms with Crippen LogP contribution in [-0.2, 0) is 9.53 Å². The summed E-state index contributed by atoms with van der Waals surface area (Å²) in [6.45, 7) is 12.7. The normalized spacial score (nSPS) is 13.1. The minimum Gasteiger partial charge on any atom is -0.465 e. The molecule has 0 aliphatic rings. The third-order valence-corrected chi connectivity index (χ3v) is 2.03. The quantitative estimate of drug-likeness (QED) is 0.412. The molecule has 0 unspecified atom stereocenters. The molecule has 0 saturated carbocycles. The van der Waals surface area contributed by atoms with Gasteiger partial charge in [0.1, 0.15) is 0 Å². The molecule has 0 aromatic rings. The third-order valence-electron chi connectivity index (χ3n) is 2.03. The van der Waals surface area contributed by atoms with Gasteiger partial charge in [-0.1, -0.05) is 32.9 Å². The molecular weight excluding hydrogens is 200 g/mol. The first-order valence-corrected chi connectivity index (χ1v) is 5.95. The van der Waals surface area contributed by atoms with Crippen molar-refractivity contribution in [3.05, 3.63) is 12.2 Å². The van der Waals surface area contributed by atoms with Gasteiger partial charge in [-0.2, -0.15) is 0 Å². The van der Waals surface area contributed by atoms with Gasteiger partial charge in [-0.3, -0.25) is 4.79 Å². The summed E-state index contributed by atoms with van der Waals surface area (Å²) in [4.78, 5) is 11.4. The van der Waals surface area contributed by atoms with Crippen LogP contribution in [0.15, 0.2) is 12.2 Å². The number of allylic oxidation sites excluding steroid dienone is 1. The first kappa shape index (κ1) is 15.2. The summed E-state index contributed by atoms with van der Waals surface area (Å²) in [5.74, 6) is -0.128. The Hall–Kier alpha value is -0.790. The molecule has 2 nitrogen and oxygen atoms in total. The molecule has 0 atom stereocenters. The number of carbonyl (C=O) groups excluding carboxylic acids is 1. The molecule has 94 valence electrons. The fourth-order valence-corrected chi connectivity index (χ4v) is 0.991. The fraction of sp³-hybridized carbons (Fsp3) is 0.786. The number of carbonyl (C=O) groups is 1. The van der Waals surface area contributed by atoms with Gasteiger partial charge < -0.3 is 4.74 Å². The summed E-state index contributed by atoms with van der Waals surface area (Å²) in [6.07, 6.45) is 6.10.